The van der Waals surface area contributed by atoms with Gasteiger partial charge in [-0.2, -0.15) is 0 Å². The molecule has 23 heavy (non-hydrogen) atoms. The zero-order chi connectivity index (χ0) is 16.7. The topological polar surface area (TPSA) is 55.4 Å². The first-order valence-electron chi connectivity index (χ1n) is 7.40. The lowest BCUT2D eigenvalue weighted by atomic mass is 10.0. The monoisotopic (exact) mass is 315 g/mol. The summed E-state index contributed by atoms with van der Waals surface area (Å²) in [4.78, 5) is 23.7. The second-order valence-corrected chi connectivity index (χ2v) is 5.00. The van der Waals surface area contributed by atoms with E-state index in [-0.39, 0.29) is 24.1 Å². The van der Waals surface area contributed by atoms with Crippen molar-refractivity contribution < 1.29 is 18.7 Å². The molecule has 1 amide bonds. The molecule has 1 N–H and O–H groups in total. The molecule has 0 heterocycles. The van der Waals surface area contributed by atoms with Crippen LogP contribution >= 0.6 is 0 Å². The van der Waals surface area contributed by atoms with E-state index in [9.17, 15) is 14.0 Å². The quantitative estimate of drug-likeness (QED) is 0.799. The van der Waals surface area contributed by atoms with E-state index in [1.807, 2.05) is 6.92 Å². The van der Waals surface area contributed by atoms with Crippen LogP contribution in [-0.4, -0.2) is 24.8 Å². The fraction of sp³-hybridized carbons (Fsp3) is 0.222. The molecule has 0 fully saturated rings. The van der Waals surface area contributed by atoms with Crippen molar-refractivity contribution in [3.63, 3.8) is 0 Å². The van der Waals surface area contributed by atoms with Crippen molar-refractivity contribution in [1.29, 1.82) is 0 Å². The van der Waals surface area contributed by atoms with Crippen molar-refractivity contribution in [3.05, 3.63) is 65.5 Å². The maximum Gasteiger partial charge on any atom is 0.257 e. The summed E-state index contributed by atoms with van der Waals surface area (Å²) in [6.07, 6.45) is 0.867. The Hall–Kier alpha value is -2.69. The van der Waals surface area contributed by atoms with Gasteiger partial charge in [-0.3, -0.25) is 9.59 Å². The maximum atomic E-state index is 12.9. The zero-order valence-electron chi connectivity index (χ0n) is 12.8. The molecular weight excluding hydrogens is 297 g/mol. The Bertz CT molecular complexity index is 666. The first-order chi connectivity index (χ1) is 11.1. The lowest BCUT2D eigenvalue weighted by Crippen LogP contribution is -2.29. The number of hydrogen-bond donors (Lipinski definition) is 1. The third-order valence-corrected chi connectivity index (χ3v) is 3.17. The Morgan fingerprint density at radius 3 is 2.13 bits per heavy atom. The van der Waals surface area contributed by atoms with E-state index >= 15 is 0 Å². The first kappa shape index (κ1) is 16.7. The van der Waals surface area contributed by atoms with E-state index in [0.29, 0.717) is 23.4 Å². The van der Waals surface area contributed by atoms with Gasteiger partial charge in [-0.1, -0.05) is 6.92 Å². The number of halogens is 1. The highest BCUT2D eigenvalue weighted by Gasteiger charge is 2.09. The van der Waals surface area contributed by atoms with Gasteiger partial charge in [-0.25, -0.2) is 4.39 Å². The van der Waals surface area contributed by atoms with Crippen molar-refractivity contribution in [3.8, 4) is 5.75 Å². The van der Waals surface area contributed by atoms with Gasteiger partial charge in [0.15, 0.2) is 12.4 Å². The van der Waals surface area contributed by atoms with E-state index < -0.39 is 0 Å². The minimum atomic E-state index is -0.383. The van der Waals surface area contributed by atoms with Crippen LogP contribution in [0.3, 0.4) is 0 Å². The Balaban J connectivity index is 1.95. The number of ketones is 1. The second-order valence-electron chi connectivity index (χ2n) is 5.00. The van der Waals surface area contributed by atoms with E-state index in [1.54, 1.807) is 24.3 Å². The second kappa shape index (κ2) is 8.08. The summed E-state index contributed by atoms with van der Waals surface area (Å²) in [5.74, 6) is -0.255. The molecule has 2 aromatic carbocycles. The number of carbonyl (C=O) groups excluding carboxylic acids is 2. The fourth-order valence-electron chi connectivity index (χ4n) is 1.93. The smallest absolute Gasteiger partial charge is 0.257 e. The molecule has 2 aromatic rings. The van der Waals surface area contributed by atoms with E-state index in [2.05, 4.69) is 5.32 Å². The molecule has 0 aliphatic carbocycles. The number of rotatable bonds is 7. The third-order valence-electron chi connectivity index (χ3n) is 3.17. The minimum Gasteiger partial charge on any atom is -0.484 e. The van der Waals surface area contributed by atoms with Crippen molar-refractivity contribution in [1.82, 2.24) is 5.32 Å². The van der Waals surface area contributed by atoms with Crippen molar-refractivity contribution in [2.45, 2.75) is 13.3 Å². The highest BCUT2D eigenvalue weighted by atomic mass is 19.1. The maximum absolute atomic E-state index is 12.9. The van der Waals surface area contributed by atoms with Crippen molar-refractivity contribution in [2.75, 3.05) is 13.2 Å². The Morgan fingerprint density at radius 1 is 1.00 bits per heavy atom. The van der Waals surface area contributed by atoms with Gasteiger partial charge >= 0.3 is 0 Å². The number of hydrogen-bond acceptors (Lipinski definition) is 3. The summed E-state index contributed by atoms with van der Waals surface area (Å²) in [6.45, 7) is 2.52. The van der Waals surface area contributed by atoms with Crippen LogP contribution in [0.4, 0.5) is 4.39 Å². The van der Waals surface area contributed by atoms with Crippen LogP contribution in [0.1, 0.15) is 29.3 Å². The molecular formula is C18H18FNO3. The van der Waals surface area contributed by atoms with Gasteiger partial charge in [0, 0.05) is 17.7 Å². The van der Waals surface area contributed by atoms with Crippen LogP contribution in [0.5, 0.6) is 5.75 Å². The van der Waals surface area contributed by atoms with Gasteiger partial charge in [0.2, 0.25) is 0 Å². The molecule has 0 aliphatic heterocycles. The summed E-state index contributed by atoms with van der Waals surface area (Å²) in [7, 11) is 0. The average Bonchev–Trinajstić information content (AvgIpc) is 2.58. The number of benzene rings is 2. The largest absolute Gasteiger partial charge is 0.484 e. The Labute approximate surface area is 134 Å². The van der Waals surface area contributed by atoms with Crippen molar-refractivity contribution in [2.24, 2.45) is 0 Å². The van der Waals surface area contributed by atoms with Gasteiger partial charge < -0.3 is 10.1 Å². The van der Waals surface area contributed by atoms with E-state index in [1.165, 1.54) is 24.3 Å². The summed E-state index contributed by atoms with van der Waals surface area (Å²) in [5.41, 5.74) is 0.887. The number of amides is 1. The Kier molecular flexibility index (Phi) is 5.86. The van der Waals surface area contributed by atoms with Gasteiger partial charge in [-0.05, 0) is 55.0 Å². The first-order valence-corrected chi connectivity index (χ1v) is 7.40. The van der Waals surface area contributed by atoms with Crippen LogP contribution < -0.4 is 10.1 Å². The number of carbonyl (C=O) groups is 2. The molecule has 0 atom stereocenters. The summed E-state index contributed by atoms with van der Waals surface area (Å²) >= 11 is 0. The van der Waals surface area contributed by atoms with Crippen LogP contribution in [0, 0.1) is 5.82 Å². The third kappa shape index (κ3) is 4.92. The lowest BCUT2D eigenvalue weighted by molar-refractivity contribution is -0.123. The highest BCUT2D eigenvalue weighted by Crippen LogP contribution is 2.15. The minimum absolute atomic E-state index is 0.0642. The standard InChI is InChI=1S/C18H18FNO3/c1-2-11-20-17(21)12-23-16-9-5-14(6-10-16)18(22)13-3-7-15(19)8-4-13/h3-10H,2,11-12H2,1H3,(H,20,21). The Morgan fingerprint density at radius 2 is 1.57 bits per heavy atom. The van der Waals surface area contributed by atoms with Crippen LogP contribution in [0.25, 0.3) is 0 Å². The molecule has 0 spiro atoms. The predicted molar refractivity (Wildman–Crippen MR) is 85.1 cm³/mol. The molecule has 0 aromatic heterocycles. The molecule has 5 heteroatoms. The molecule has 4 nitrogen and oxygen atoms in total. The summed E-state index contributed by atoms with van der Waals surface area (Å²) in [6, 6.07) is 11.9. The number of ether oxygens (including phenoxy) is 1. The normalized spacial score (nSPS) is 10.2. The molecule has 120 valence electrons. The number of nitrogens with one attached hydrogen (secondary N) is 1. The molecule has 0 unspecified atom stereocenters. The molecule has 0 bridgehead atoms. The average molecular weight is 315 g/mol. The highest BCUT2D eigenvalue weighted by molar-refractivity contribution is 6.09. The molecule has 0 saturated heterocycles. The van der Waals surface area contributed by atoms with Gasteiger partial charge in [0.25, 0.3) is 5.91 Å². The zero-order valence-corrected chi connectivity index (χ0v) is 12.8. The SMILES string of the molecule is CCCNC(=O)COc1ccc(C(=O)c2ccc(F)cc2)cc1. The van der Waals surface area contributed by atoms with Gasteiger partial charge in [0.05, 0.1) is 0 Å². The molecule has 0 radical (unpaired) electrons. The summed E-state index contributed by atoms with van der Waals surface area (Å²) < 4.78 is 18.2. The predicted octanol–water partition coefficient (Wildman–Crippen LogP) is 2.96. The summed E-state index contributed by atoms with van der Waals surface area (Å²) in [5, 5.41) is 2.71. The van der Waals surface area contributed by atoms with Crippen LogP contribution in [0.15, 0.2) is 48.5 Å². The van der Waals surface area contributed by atoms with E-state index in [0.717, 1.165) is 6.42 Å². The fourth-order valence-corrected chi connectivity index (χ4v) is 1.93. The van der Waals surface area contributed by atoms with E-state index in [4.69, 9.17) is 4.74 Å². The van der Waals surface area contributed by atoms with Crippen LogP contribution in [-0.2, 0) is 4.79 Å². The van der Waals surface area contributed by atoms with Crippen LogP contribution in [0.2, 0.25) is 0 Å². The van der Waals surface area contributed by atoms with Gasteiger partial charge in [0.1, 0.15) is 11.6 Å². The molecule has 0 aliphatic rings. The molecule has 0 saturated carbocycles. The lowest BCUT2D eigenvalue weighted by Gasteiger charge is -2.07. The van der Waals surface area contributed by atoms with Crippen molar-refractivity contribution >= 4 is 11.7 Å². The molecule has 2 rings (SSSR count). The van der Waals surface area contributed by atoms with Gasteiger partial charge in [-0.15, -0.1) is 0 Å².